The molecule has 1 amide bonds. The molecule has 22 heavy (non-hydrogen) atoms. The molecule has 1 saturated carbocycles. The van der Waals surface area contributed by atoms with E-state index in [1.165, 1.54) is 0 Å². The maximum atomic E-state index is 11.7. The second-order valence-electron chi connectivity index (χ2n) is 6.13. The zero-order chi connectivity index (χ0) is 16.3. The number of rotatable bonds is 4. The summed E-state index contributed by atoms with van der Waals surface area (Å²) in [6.07, 6.45) is 1.65. The first-order chi connectivity index (χ1) is 10.3. The average molecular weight is 307 g/mol. The highest BCUT2D eigenvalue weighted by atomic mass is 16.6. The van der Waals surface area contributed by atoms with Gasteiger partial charge in [0.15, 0.2) is 0 Å². The summed E-state index contributed by atoms with van der Waals surface area (Å²) in [7, 11) is 0. The van der Waals surface area contributed by atoms with Crippen molar-refractivity contribution in [3.63, 3.8) is 0 Å². The molecule has 2 unspecified atom stereocenters. The van der Waals surface area contributed by atoms with Gasteiger partial charge in [0.25, 0.3) is 0 Å². The standard InChI is InChI=1S/C15H21N3O4/c1-5-21-13(19)10-8-9(10)12-16-7-6-11(17-12)18-14(20)22-15(2,3)4/h6-7,9-10H,5,8H2,1-4H3,(H,16,17,18,20). The Morgan fingerprint density at radius 3 is 2.77 bits per heavy atom. The van der Waals surface area contributed by atoms with Crippen molar-refractivity contribution in [1.82, 2.24) is 9.97 Å². The zero-order valence-corrected chi connectivity index (χ0v) is 13.3. The number of ether oxygens (including phenoxy) is 2. The van der Waals surface area contributed by atoms with Crippen LogP contribution < -0.4 is 5.32 Å². The van der Waals surface area contributed by atoms with Crippen molar-refractivity contribution in [3.05, 3.63) is 18.1 Å². The van der Waals surface area contributed by atoms with Crippen LogP contribution in [0.15, 0.2) is 12.3 Å². The lowest BCUT2D eigenvalue weighted by molar-refractivity contribution is -0.144. The predicted octanol–water partition coefficient (Wildman–Crippen LogP) is 2.49. The molecular formula is C15H21N3O4. The fraction of sp³-hybridized carbons (Fsp3) is 0.600. The number of hydrogen-bond acceptors (Lipinski definition) is 6. The largest absolute Gasteiger partial charge is 0.466 e. The normalized spacial score (nSPS) is 20.2. The van der Waals surface area contributed by atoms with Crippen LogP contribution in [0.25, 0.3) is 0 Å². The van der Waals surface area contributed by atoms with Gasteiger partial charge in [0.1, 0.15) is 17.2 Å². The van der Waals surface area contributed by atoms with Crippen LogP contribution in [0, 0.1) is 5.92 Å². The number of anilines is 1. The van der Waals surface area contributed by atoms with Crippen molar-refractivity contribution >= 4 is 17.9 Å². The van der Waals surface area contributed by atoms with Gasteiger partial charge in [0.05, 0.1) is 12.5 Å². The predicted molar refractivity (Wildman–Crippen MR) is 79.4 cm³/mol. The first-order valence-electron chi connectivity index (χ1n) is 7.29. The van der Waals surface area contributed by atoms with Crippen LogP contribution >= 0.6 is 0 Å². The van der Waals surface area contributed by atoms with E-state index in [0.717, 1.165) is 0 Å². The maximum Gasteiger partial charge on any atom is 0.413 e. The van der Waals surface area contributed by atoms with E-state index >= 15 is 0 Å². The third-order valence-electron chi connectivity index (χ3n) is 3.01. The monoisotopic (exact) mass is 307 g/mol. The molecule has 0 aliphatic heterocycles. The molecule has 7 nitrogen and oxygen atoms in total. The summed E-state index contributed by atoms with van der Waals surface area (Å²) >= 11 is 0. The first-order valence-corrected chi connectivity index (χ1v) is 7.29. The van der Waals surface area contributed by atoms with Crippen molar-refractivity contribution in [2.24, 2.45) is 5.92 Å². The van der Waals surface area contributed by atoms with Gasteiger partial charge in [-0.1, -0.05) is 0 Å². The van der Waals surface area contributed by atoms with Gasteiger partial charge in [-0.15, -0.1) is 0 Å². The fourth-order valence-electron chi connectivity index (χ4n) is 2.02. The maximum absolute atomic E-state index is 11.7. The molecule has 0 aromatic carbocycles. The number of aromatic nitrogens is 2. The van der Waals surface area contributed by atoms with E-state index in [0.29, 0.717) is 24.7 Å². The topological polar surface area (TPSA) is 90.4 Å². The molecule has 1 heterocycles. The van der Waals surface area contributed by atoms with Crippen LogP contribution in [0.2, 0.25) is 0 Å². The molecule has 0 radical (unpaired) electrons. The molecule has 1 aliphatic rings. The minimum absolute atomic E-state index is 0.0422. The van der Waals surface area contributed by atoms with Crippen molar-refractivity contribution in [2.75, 3.05) is 11.9 Å². The van der Waals surface area contributed by atoms with Crippen LogP contribution in [0.3, 0.4) is 0 Å². The average Bonchev–Trinajstić information content (AvgIpc) is 3.17. The summed E-state index contributed by atoms with van der Waals surface area (Å²) in [5, 5.41) is 2.56. The van der Waals surface area contributed by atoms with Crippen molar-refractivity contribution < 1.29 is 19.1 Å². The molecule has 0 bridgehead atoms. The summed E-state index contributed by atoms with van der Waals surface area (Å²) in [6.45, 7) is 7.49. The van der Waals surface area contributed by atoms with Gasteiger partial charge in [-0.05, 0) is 40.2 Å². The molecule has 1 fully saturated rings. The lowest BCUT2D eigenvalue weighted by Gasteiger charge is -2.19. The Kier molecular flexibility index (Phi) is 4.63. The molecule has 1 aromatic rings. The van der Waals surface area contributed by atoms with Crippen LogP contribution in [0.4, 0.5) is 10.6 Å². The minimum Gasteiger partial charge on any atom is -0.466 e. The Balaban J connectivity index is 1.97. The van der Waals surface area contributed by atoms with E-state index in [1.807, 2.05) is 0 Å². The number of amides is 1. The van der Waals surface area contributed by atoms with E-state index in [9.17, 15) is 9.59 Å². The highest BCUT2D eigenvalue weighted by Gasteiger charge is 2.47. The smallest absolute Gasteiger partial charge is 0.413 e. The van der Waals surface area contributed by atoms with Gasteiger partial charge < -0.3 is 9.47 Å². The number of hydrogen-bond donors (Lipinski definition) is 1. The van der Waals surface area contributed by atoms with Crippen molar-refractivity contribution in [2.45, 2.75) is 45.6 Å². The summed E-state index contributed by atoms with van der Waals surface area (Å²) < 4.78 is 10.1. The third-order valence-corrected chi connectivity index (χ3v) is 3.01. The number of esters is 1. The van der Waals surface area contributed by atoms with Crippen molar-refractivity contribution in [3.8, 4) is 0 Å². The van der Waals surface area contributed by atoms with Crippen LogP contribution in [0.1, 0.15) is 45.9 Å². The number of carbonyl (C=O) groups excluding carboxylic acids is 2. The molecule has 1 aromatic heterocycles. The SMILES string of the molecule is CCOC(=O)C1CC1c1nccc(NC(=O)OC(C)(C)C)n1. The minimum atomic E-state index is -0.578. The molecule has 1 N–H and O–H groups in total. The van der Waals surface area contributed by atoms with Gasteiger partial charge in [0.2, 0.25) is 0 Å². The molecular weight excluding hydrogens is 286 g/mol. The highest BCUT2D eigenvalue weighted by molar-refractivity contribution is 5.83. The molecule has 0 saturated heterocycles. The van der Waals surface area contributed by atoms with Crippen LogP contribution in [-0.2, 0) is 14.3 Å². The quantitative estimate of drug-likeness (QED) is 0.859. The van der Waals surface area contributed by atoms with E-state index in [1.54, 1.807) is 40.0 Å². The van der Waals surface area contributed by atoms with E-state index in [4.69, 9.17) is 9.47 Å². The molecule has 7 heteroatoms. The Labute approximate surface area is 129 Å². The lowest BCUT2D eigenvalue weighted by atomic mass is 10.2. The zero-order valence-electron chi connectivity index (χ0n) is 13.3. The summed E-state index contributed by atoms with van der Waals surface area (Å²) in [5.41, 5.74) is -0.578. The number of carbonyl (C=O) groups is 2. The van der Waals surface area contributed by atoms with Gasteiger partial charge in [-0.25, -0.2) is 14.8 Å². The lowest BCUT2D eigenvalue weighted by Crippen LogP contribution is -2.27. The van der Waals surface area contributed by atoms with Gasteiger partial charge >= 0.3 is 12.1 Å². The number of nitrogens with one attached hydrogen (secondary N) is 1. The molecule has 2 atom stereocenters. The fourth-order valence-corrected chi connectivity index (χ4v) is 2.02. The van der Waals surface area contributed by atoms with Gasteiger partial charge in [0, 0.05) is 12.1 Å². The van der Waals surface area contributed by atoms with Gasteiger partial charge in [-0.3, -0.25) is 10.1 Å². The molecule has 2 rings (SSSR count). The second kappa shape index (κ2) is 6.29. The Morgan fingerprint density at radius 1 is 1.41 bits per heavy atom. The second-order valence-corrected chi connectivity index (χ2v) is 6.13. The number of nitrogens with zero attached hydrogens (tertiary/aromatic N) is 2. The third kappa shape index (κ3) is 4.41. The van der Waals surface area contributed by atoms with Crippen LogP contribution in [0.5, 0.6) is 0 Å². The van der Waals surface area contributed by atoms with E-state index in [-0.39, 0.29) is 17.8 Å². The Hall–Kier alpha value is -2.18. The Bertz CT molecular complexity index is 568. The van der Waals surface area contributed by atoms with Crippen LogP contribution in [-0.4, -0.2) is 34.2 Å². The molecule has 0 spiro atoms. The first kappa shape index (κ1) is 16.2. The summed E-state index contributed by atoms with van der Waals surface area (Å²) in [6, 6.07) is 1.58. The van der Waals surface area contributed by atoms with E-state index < -0.39 is 11.7 Å². The summed E-state index contributed by atoms with van der Waals surface area (Å²) in [4.78, 5) is 31.8. The summed E-state index contributed by atoms with van der Waals surface area (Å²) in [5.74, 6) is 0.443. The van der Waals surface area contributed by atoms with E-state index in [2.05, 4.69) is 15.3 Å². The Morgan fingerprint density at radius 2 is 2.14 bits per heavy atom. The van der Waals surface area contributed by atoms with Gasteiger partial charge in [-0.2, -0.15) is 0 Å². The van der Waals surface area contributed by atoms with Crippen molar-refractivity contribution in [1.29, 1.82) is 0 Å². The molecule has 1 aliphatic carbocycles. The highest BCUT2D eigenvalue weighted by Crippen LogP contribution is 2.46. The molecule has 120 valence electrons.